The van der Waals surface area contributed by atoms with Crippen molar-refractivity contribution in [1.29, 1.82) is 0 Å². The van der Waals surface area contributed by atoms with E-state index >= 15 is 0 Å². The Bertz CT molecular complexity index is 1180. The Morgan fingerprint density at radius 2 is 1.76 bits per heavy atom. The van der Waals surface area contributed by atoms with Gasteiger partial charge in [0, 0.05) is 23.3 Å². The van der Waals surface area contributed by atoms with Gasteiger partial charge in [0.05, 0.1) is 17.5 Å². The predicted octanol–water partition coefficient (Wildman–Crippen LogP) is 4.02. The fourth-order valence-corrected chi connectivity index (χ4v) is 3.02. The van der Waals surface area contributed by atoms with Crippen LogP contribution in [0.4, 0.5) is 10.2 Å². The third kappa shape index (κ3) is 3.86. The van der Waals surface area contributed by atoms with Crippen LogP contribution in [0.25, 0.3) is 16.9 Å². The highest BCUT2D eigenvalue weighted by Gasteiger charge is 2.17. The standard InChI is InChI=1S/C22H19FN4O2/c1-22(2,29)16-7-3-15(4-8-16)21(28)26-19-13-18(14-5-9-17(23)10-6-14)27-20(25-19)11-12-24-27/h3-13,29H,1-2H3,(H,25,26,28). The smallest absolute Gasteiger partial charge is 0.256 e. The normalized spacial score (nSPS) is 11.6. The van der Waals surface area contributed by atoms with E-state index in [-0.39, 0.29) is 11.7 Å². The van der Waals surface area contributed by atoms with E-state index in [4.69, 9.17) is 0 Å². The van der Waals surface area contributed by atoms with Crippen molar-refractivity contribution < 1.29 is 14.3 Å². The molecular formula is C22H19FN4O2. The van der Waals surface area contributed by atoms with E-state index in [1.165, 1.54) is 12.1 Å². The molecular weight excluding hydrogens is 371 g/mol. The van der Waals surface area contributed by atoms with Crippen molar-refractivity contribution in [3.8, 4) is 11.3 Å². The number of aliphatic hydroxyl groups is 1. The van der Waals surface area contributed by atoms with E-state index in [9.17, 15) is 14.3 Å². The third-order valence-corrected chi connectivity index (χ3v) is 4.59. The summed E-state index contributed by atoms with van der Waals surface area (Å²) < 4.78 is 14.9. The lowest BCUT2D eigenvalue weighted by Gasteiger charge is -2.17. The molecule has 0 fully saturated rings. The second-order valence-corrected chi connectivity index (χ2v) is 7.23. The lowest BCUT2D eigenvalue weighted by Crippen LogP contribution is -2.17. The molecule has 0 spiro atoms. The average Bonchev–Trinajstić information content (AvgIpc) is 3.16. The van der Waals surface area contributed by atoms with Gasteiger partial charge >= 0.3 is 0 Å². The minimum Gasteiger partial charge on any atom is -0.386 e. The molecule has 0 atom stereocenters. The van der Waals surface area contributed by atoms with Crippen molar-refractivity contribution in [1.82, 2.24) is 14.6 Å². The fraction of sp³-hybridized carbons (Fsp3) is 0.136. The van der Waals surface area contributed by atoms with Crippen molar-refractivity contribution >= 4 is 17.4 Å². The van der Waals surface area contributed by atoms with E-state index in [0.29, 0.717) is 28.3 Å². The summed E-state index contributed by atoms with van der Waals surface area (Å²) in [5.41, 5.74) is 2.15. The Labute approximate surface area is 166 Å². The van der Waals surface area contributed by atoms with Gasteiger partial charge in [0.15, 0.2) is 5.65 Å². The molecule has 0 bridgehead atoms. The molecule has 146 valence electrons. The quantitative estimate of drug-likeness (QED) is 0.552. The van der Waals surface area contributed by atoms with Crippen LogP contribution in [0.1, 0.15) is 29.8 Å². The molecule has 0 saturated heterocycles. The van der Waals surface area contributed by atoms with Crippen LogP contribution in [0.5, 0.6) is 0 Å². The summed E-state index contributed by atoms with van der Waals surface area (Å²) in [5.74, 6) is -0.301. The number of amides is 1. The first-order chi connectivity index (χ1) is 13.8. The third-order valence-electron chi connectivity index (χ3n) is 4.59. The van der Waals surface area contributed by atoms with Crippen LogP contribution in [0.3, 0.4) is 0 Å². The molecule has 0 aliphatic rings. The Hall–Kier alpha value is -3.58. The molecule has 29 heavy (non-hydrogen) atoms. The maximum absolute atomic E-state index is 13.3. The zero-order valence-electron chi connectivity index (χ0n) is 15.9. The predicted molar refractivity (Wildman–Crippen MR) is 108 cm³/mol. The molecule has 2 heterocycles. The molecule has 0 aliphatic carbocycles. The number of fused-ring (bicyclic) bond motifs is 1. The van der Waals surface area contributed by atoms with Crippen LogP contribution >= 0.6 is 0 Å². The molecule has 4 rings (SSSR count). The van der Waals surface area contributed by atoms with Gasteiger partial charge in [-0.05, 0) is 55.8 Å². The monoisotopic (exact) mass is 390 g/mol. The Morgan fingerprint density at radius 3 is 2.41 bits per heavy atom. The van der Waals surface area contributed by atoms with Gasteiger partial charge in [-0.25, -0.2) is 13.9 Å². The van der Waals surface area contributed by atoms with E-state index < -0.39 is 5.60 Å². The van der Waals surface area contributed by atoms with Gasteiger partial charge < -0.3 is 10.4 Å². The van der Waals surface area contributed by atoms with Crippen LogP contribution < -0.4 is 5.32 Å². The van der Waals surface area contributed by atoms with Crippen molar-refractivity contribution in [3.63, 3.8) is 0 Å². The topological polar surface area (TPSA) is 79.5 Å². The van der Waals surface area contributed by atoms with Gasteiger partial charge in [-0.1, -0.05) is 12.1 Å². The van der Waals surface area contributed by atoms with Gasteiger partial charge in [0.1, 0.15) is 11.6 Å². The molecule has 0 saturated carbocycles. The largest absolute Gasteiger partial charge is 0.386 e. The van der Waals surface area contributed by atoms with Gasteiger partial charge in [0.2, 0.25) is 0 Å². The van der Waals surface area contributed by atoms with Crippen LogP contribution in [-0.4, -0.2) is 25.6 Å². The number of aromatic nitrogens is 3. The molecule has 2 aromatic heterocycles. The zero-order valence-corrected chi connectivity index (χ0v) is 15.9. The first kappa shape index (κ1) is 18.8. The summed E-state index contributed by atoms with van der Waals surface area (Å²) in [7, 11) is 0. The highest BCUT2D eigenvalue weighted by atomic mass is 19.1. The number of nitrogens with one attached hydrogen (secondary N) is 1. The summed E-state index contributed by atoms with van der Waals surface area (Å²) >= 11 is 0. The Kier molecular flexibility index (Phi) is 4.60. The minimum absolute atomic E-state index is 0.325. The van der Waals surface area contributed by atoms with Gasteiger partial charge in [-0.2, -0.15) is 5.10 Å². The number of rotatable bonds is 4. The first-order valence-corrected chi connectivity index (χ1v) is 9.06. The molecule has 1 amide bonds. The number of hydrogen-bond acceptors (Lipinski definition) is 4. The van der Waals surface area contributed by atoms with E-state index in [0.717, 1.165) is 5.56 Å². The Morgan fingerprint density at radius 1 is 1.07 bits per heavy atom. The number of hydrogen-bond donors (Lipinski definition) is 2. The molecule has 0 unspecified atom stereocenters. The fourth-order valence-electron chi connectivity index (χ4n) is 3.02. The highest BCUT2D eigenvalue weighted by Crippen LogP contribution is 2.24. The van der Waals surface area contributed by atoms with E-state index in [2.05, 4.69) is 15.4 Å². The molecule has 6 nitrogen and oxygen atoms in total. The van der Waals surface area contributed by atoms with Crippen LogP contribution in [-0.2, 0) is 5.60 Å². The molecule has 2 N–H and O–H groups in total. The second-order valence-electron chi connectivity index (χ2n) is 7.23. The van der Waals surface area contributed by atoms with E-state index in [1.807, 2.05) is 0 Å². The second kappa shape index (κ2) is 7.10. The van der Waals surface area contributed by atoms with Crippen molar-refractivity contribution in [3.05, 3.63) is 83.8 Å². The van der Waals surface area contributed by atoms with Crippen molar-refractivity contribution in [2.75, 3.05) is 5.32 Å². The average molecular weight is 390 g/mol. The van der Waals surface area contributed by atoms with Crippen LogP contribution in [0, 0.1) is 5.82 Å². The van der Waals surface area contributed by atoms with E-state index in [1.54, 1.807) is 73.1 Å². The first-order valence-electron chi connectivity index (χ1n) is 9.06. The molecule has 0 radical (unpaired) electrons. The van der Waals surface area contributed by atoms with Crippen molar-refractivity contribution in [2.45, 2.75) is 19.4 Å². The summed E-state index contributed by atoms with van der Waals surface area (Å²) in [6.07, 6.45) is 1.61. The zero-order chi connectivity index (χ0) is 20.6. The Balaban J connectivity index is 1.66. The summed E-state index contributed by atoms with van der Waals surface area (Å²) in [4.78, 5) is 17.1. The minimum atomic E-state index is -0.979. The number of halogens is 1. The number of benzene rings is 2. The maximum Gasteiger partial charge on any atom is 0.256 e. The lowest BCUT2D eigenvalue weighted by atomic mass is 9.97. The number of carbonyl (C=O) groups is 1. The highest BCUT2D eigenvalue weighted by molar-refractivity contribution is 6.04. The molecule has 0 aliphatic heterocycles. The van der Waals surface area contributed by atoms with Crippen LogP contribution in [0.15, 0.2) is 66.9 Å². The molecule has 7 heteroatoms. The summed E-state index contributed by atoms with van der Waals surface area (Å²) in [6, 6.07) is 16.2. The number of nitrogens with zero attached hydrogens (tertiary/aromatic N) is 3. The molecule has 2 aromatic carbocycles. The summed E-state index contributed by atoms with van der Waals surface area (Å²) in [6.45, 7) is 3.37. The lowest BCUT2D eigenvalue weighted by molar-refractivity contribution is 0.0785. The van der Waals surface area contributed by atoms with Gasteiger partial charge in [-0.15, -0.1) is 0 Å². The SMILES string of the molecule is CC(C)(O)c1ccc(C(=O)Nc2cc(-c3ccc(F)cc3)n3nccc3n2)cc1. The summed E-state index contributed by atoms with van der Waals surface area (Å²) in [5, 5.41) is 17.1. The number of anilines is 1. The van der Waals surface area contributed by atoms with Crippen LogP contribution in [0.2, 0.25) is 0 Å². The maximum atomic E-state index is 13.3. The van der Waals surface area contributed by atoms with Crippen molar-refractivity contribution in [2.24, 2.45) is 0 Å². The molecule has 4 aromatic rings. The number of carbonyl (C=O) groups excluding carboxylic acids is 1. The van der Waals surface area contributed by atoms with Gasteiger partial charge in [0.25, 0.3) is 5.91 Å². The van der Waals surface area contributed by atoms with Gasteiger partial charge in [-0.3, -0.25) is 4.79 Å².